The number of nitrogens with zero attached hydrogens (tertiary/aromatic N) is 3. The van der Waals surface area contributed by atoms with Gasteiger partial charge in [-0.2, -0.15) is 4.98 Å². The maximum atomic E-state index is 15.0. The summed E-state index contributed by atoms with van der Waals surface area (Å²) in [4.78, 5) is 24.2. The number of aromatic nitrogens is 3. The molecular formula is C32H40ClF2N7O. The van der Waals surface area contributed by atoms with Gasteiger partial charge >= 0.3 is 5.69 Å². The number of H-pyrrole nitrogens is 1. The maximum absolute atomic E-state index is 15.0. The predicted molar refractivity (Wildman–Crippen MR) is 171 cm³/mol. The molecule has 0 saturated heterocycles. The third kappa shape index (κ3) is 9.71. The Hall–Kier alpha value is -3.60. The molecule has 1 unspecified atom stereocenters. The molecule has 0 radical (unpaired) electrons. The first-order valence-electron chi connectivity index (χ1n) is 14.7. The molecule has 0 spiro atoms. The topological polar surface area (TPSA) is 127 Å². The minimum atomic E-state index is -0.577. The Morgan fingerprint density at radius 1 is 1.16 bits per heavy atom. The Morgan fingerprint density at radius 3 is 2.58 bits per heavy atom. The van der Waals surface area contributed by atoms with Crippen LogP contribution in [-0.2, 0) is 13.0 Å². The van der Waals surface area contributed by atoms with Gasteiger partial charge in [0.1, 0.15) is 12.3 Å². The van der Waals surface area contributed by atoms with Crippen LogP contribution in [0, 0.1) is 5.82 Å². The van der Waals surface area contributed by atoms with Crippen molar-refractivity contribution in [3.63, 3.8) is 0 Å². The molecule has 4 aromatic rings. The highest BCUT2D eigenvalue weighted by atomic mass is 35.5. The quantitative estimate of drug-likeness (QED) is 0.0861. The summed E-state index contributed by atoms with van der Waals surface area (Å²) in [5, 5.41) is 4.00. The monoisotopic (exact) mass is 611 g/mol. The number of nitrogens with two attached hydrogens (primary N) is 2. The number of halogens is 3. The number of aliphatic imine (C=N–C) groups is 1. The lowest BCUT2D eigenvalue weighted by Crippen LogP contribution is -2.21. The zero-order valence-electron chi connectivity index (χ0n) is 24.5. The molecule has 1 aliphatic carbocycles. The minimum absolute atomic E-state index is 0.0118. The maximum Gasteiger partial charge on any atom is 0.354 e. The van der Waals surface area contributed by atoms with Crippen molar-refractivity contribution >= 4 is 28.5 Å². The van der Waals surface area contributed by atoms with Gasteiger partial charge < -0.3 is 21.8 Å². The van der Waals surface area contributed by atoms with E-state index in [1.54, 1.807) is 31.3 Å². The summed E-state index contributed by atoms with van der Waals surface area (Å²) >= 11 is 6.19. The second kappa shape index (κ2) is 15.7. The first-order chi connectivity index (χ1) is 20.7. The van der Waals surface area contributed by atoms with E-state index in [-0.39, 0.29) is 10.6 Å². The molecule has 8 nitrogen and oxygen atoms in total. The molecular weight excluding hydrogens is 572 g/mol. The van der Waals surface area contributed by atoms with Gasteiger partial charge in [-0.15, -0.1) is 0 Å². The summed E-state index contributed by atoms with van der Waals surface area (Å²) in [6, 6.07) is 12.1. The highest BCUT2D eigenvalue weighted by molar-refractivity contribution is 6.31. The Labute approximate surface area is 255 Å². The van der Waals surface area contributed by atoms with Gasteiger partial charge in [-0.05, 0) is 80.6 Å². The van der Waals surface area contributed by atoms with Crippen LogP contribution in [0.3, 0.4) is 0 Å². The number of alkyl halides is 1. The Balaban J connectivity index is 0.00000133. The summed E-state index contributed by atoms with van der Waals surface area (Å²) in [6.45, 7) is 3.39. The minimum Gasteiger partial charge on any atom is -0.388 e. The molecule has 2 heterocycles. The van der Waals surface area contributed by atoms with Gasteiger partial charge in [0.05, 0.1) is 22.2 Å². The molecule has 11 heteroatoms. The molecule has 0 aliphatic heterocycles. The van der Waals surface area contributed by atoms with Gasteiger partial charge in [-0.25, -0.2) is 13.6 Å². The molecule has 1 fully saturated rings. The van der Waals surface area contributed by atoms with Gasteiger partial charge in [-0.3, -0.25) is 9.56 Å². The molecule has 0 amide bonds. The summed E-state index contributed by atoms with van der Waals surface area (Å²) < 4.78 is 29.1. The van der Waals surface area contributed by atoms with Gasteiger partial charge in [-0.1, -0.05) is 43.0 Å². The largest absolute Gasteiger partial charge is 0.388 e. The third-order valence-electron chi connectivity index (χ3n) is 6.89. The fraction of sp³-hybridized carbons (Fsp3) is 0.406. The van der Waals surface area contributed by atoms with Gasteiger partial charge in [0.2, 0.25) is 0 Å². The number of aromatic amines is 1. The van der Waals surface area contributed by atoms with E-state index in [2.05, 4.69) is 20.3 Å². The number of benzene rings is 2. The summed E-state index contributed by atoms with van der Waals surface area (Å²) in [6.07, 6.45) is 8.82. The van der Waals surface area contributed by atoms with Crippen molar-refractivity contribution < 1.29 is 8.78 Å². The van der Waals surface area contributed by atoms with Crippen LogP contribution in [0.1, 0.15) is 56.6 Å². The predicted octanol–water partition coefficient (Wildman–Crippen LogP) is 5.82. The zero-order chi connectivity index (χ0) is 30.8. The lowest BCUT2D eigenvalue weighted by atomic mass is 10.0. The van der Waals surface area contributed by atoms with E-state index in [1.165, 1.54) is 23.8 Å². The Morgan fingerprint density at radius 2 is 1.91 bits per heavy atom. The van der Waals surface area contributed by atoms with Crippen LogP contribution in [0.5, 0.6) is 0 Å². The van der Waals surface area contributed by atoms with Gasteiger partial charge in [0.25, 0.3) is 0 Å². The molecule has 1 saturated carbocycles. The number of nitrogens with one attached hydrogen (secondary N) is 2. The lowest BCUT2D eigenvalue weighted by Gasteiger charge is -2.09. The van der Waals surface area contributed by atoms with E-state index in [4.69, 9.17) is 23.1 Å². The SMILES string of the molecule is C1CC1.CC(N)=NCCCNCc1ccc(-n2cc3cc(-c4cc(CCCC(N)CF)cc(Cl)c4F)[nH]c3nc2=O)cc1. The lowest BCUT2D eigenvalue weighted by molar-refractivity contribution is 0.407. The standard InChI is InChI=1S/C29H34ClF2N7O.C3H6/c1-18(33)36-11-3-10-35-16-19-6-8-23(9-7-19)39-17-21-14-26(37-28(21)38-29(39)40)24-12-20(13-25(30)27(24)32)4-2-5-22(34)15-31;1-2-3-1/h6-9,12-14,17,22,35H,2-5,10-11,15-16,34H2,1H3,(H2,33,36)(H,37,38,40);1-3H2. The van der Waals surface area contributed by atoms with Crippen molar-refractivity contribution in [2.45, 2.75) is 64.5 Å². The van der Waals surface area contributed by atoms with E-state index in [0.717, 1.165) is 24.1 Å². The van der Waals surface area contributed by atoms with Crippen LogP contribution < -0.4 is 22.5 Å². The number of rotatable bonds is 13. The van der Waals surface area contributed by atoms with Crippen LogP contribution >= 0.6 is 11.6 Å². The van der Waals surface area contributed by atoms with Crippen molar-refractivity contribution in [3.05, 3.63) is 81.1 Å². The van der Waals surface area contributed by atoms with E-state index in [0.29, 0.717) is 60.6 Å². The molecule has 0 bridgehead atoms. The first-order valence-corrected chi connectivity index (χ1v) is 15.1. The van der Waals surface area contributed by atoms with Crippen molar-refractivity contribution in [2.75, 3.05) is 19.8 Å². The van der Waals surface area contributed by atoms with Crippen LogP contribution in [0.25, 0.3) is 28.0 Å². The fourth-order valence-corrected chi connectivity index (χ4v) is 4.66. The molecule has 6 N–H and O–H groups in total. The smallest absolute Gasteiger partial charge is 0.354 e. The van der Waals surface area contributed by atoms with Gasteiger partial charge in [0.15, 0.2) is 5.82 Å². The molecule has 2 aromatic carbocycles. The normalized spacial score (nSPS) is 13.6. The Bertz CT molecular complexity index is 1570. The molecule has 1 aliphatic rings. The van der Waals surface area contributed by atoms with E-state index in [9.17, 15) is 9.18 Å². The van der Waals surface area contributed by atoms with Crippen LogP contribution in [-0.4, -0.2) is 46.2 Å². The van der Waals surface area contributed by atoms with E-state index >= 15 is 4.39 Å². The van der Waals surface area contributed by atoms with Crippen molar-refractivity contribution in [3.8, 4) is 16.9 Å². The number of amidine groups is 1. The average Bonchev–Trinajstić information content (AvgIpc) is 3.82. The number of hydrogen-bond acceptors (Lipinski definition) is 5. The molecule has 2 aromatic heterocycles. The van der Waals surface area contributed by atoms with Crippen LogP contribution in [0.4, 0.5) is 8.78 Å². The van der Waals surface area contributed by atoms with Crippen molar-refractivity contribution in [2.24, 2.45) is 16.5 Å². The van der Waals surface area contributed by atoms with E-state index < -0.39 is 24.2 Å². The third-order valence-corrected chi connectivity index (χ3v) is 7.17. The number of hydrogen-bond donors (Lipinski definition) is 4. The van der Waals surface area contributed by atoms with Crippen LogP contribution in [0.15, 0.2) is 58.4 Å². The summed E-state index contributed by atoms with van der Waals surface area (Å²) in [7, 11) is 0. The molecule has 1 atom stereocenters. The highest BCUT2D eigenvalue weighted by Gasteiger charge is 2.16. The second-order valence-corrected chi connectivity index (χ2v) is 11.3. The molecule has 43 heavy (non-hydrogen) atoms. The highest BCUT2D eigenvalue weighted by Crippen LogP contribution is 2.31. The fourth-order valence-electron chi connectivity index (χ4n) is 4.42. The average molecular weight is 612 g/mol. The van der Waals surface area contributed by atoms with Crippen molar-refractivity contribution in [1.82, 2.24) is 19.9 Å². The first kappa shape index (κ1) is 32.3. The number of aryl methyl sites for hydroxylation is 1. The van der Waals surface area contributed by atoms with E-state index in [1.807, 2.05) is 24.3 Å². The van der Waals surface area contributed by atoms with Crippen LogP contribution in [0.2, 0.25) is 5.02 Å². The molecule has 230 valence electrons. The Kier molecular flexibility index (Phi) is 11.8. The number of fused-ring (bicyclic) bond motifs is 1. The zero-order valence-corrected chi connectivity index (χ0v) is 25.3. The van der Waals surface area contributed by atoms with Gasteiger partial charge in [0, 0.05) is 36.3 Å². The summed E-state index contributed by atoms with van der Waals surface area (Å²) in [5.41, 5.74) is 14.4. The second-order valence-electron chi connectivity index (χ2n) is 10.9. The molecule has 5 rings (SSSR count). The van der Waals surface area contributed by atoms with Crippen molar-refractivity contribution in [1.29, 1.82) is 0 Å². The summed E-state index contributed by atoms with van der Waals surface area (Å²) in [5.74, 6) is 0.0166.